The van der Waals surface area contributed by atoms with Crippen LogP contribution in [-0.4, -0.2) is 31.1 Å². The summed E-state index contributed by atoms with van der Waals surface area (Å²) in [5, 5.41) is 0. The van der Waals surface area contributed by atoms with Crippen molar-refractivity contribution in [3.8, 4) is 0 Å². The first kappa shape index (κ1) is 13.2. The lowest BCUT2D eigenvalue weighted by molar-refractivity contribution is 0.282. The van der Waals surface area contributed by atoms with Gasteiger partial charge in [0, 0.05) is 0 Å². The summed E-state index contributed by atoms with van der Waals surface area (Å²) in [5.74, 6) is 0. The number of hydrogen-bond acceptors (Lipinski definition) is 2. The Kier molecular flexibility index (Phi) is 6.86. The van der Waals surface area contributed by atoms with Gasteiger partial charge in [0.05, 0.1) is 0 Å². The maximum atomic E-state index is 5.52. The third kappa shape index (κ3) is 5.29. The lowest BCUT2D eigenvalue weighted by atomic mass is 10.1. The molecule has 16 heavy (non-hydrogen) atoms. The fourth-order valence-electron chi connectivity index (χ4n) is 1.89. The first-order chi connectivity index (χ1) is 7.86. The predicted octanol–water partition coefficient (Wildman–Crippen LogP) is 2.29. The molecule has 2 N–H and O–H groups in total. The van der Waals surface area contributed by atoms with Crippen molar-refractivity contribution in [2.24, 2.45) is 5.73 Å². The number of benzene rings is 1. The summed E-state index contributed by atoms with van der Waals surface area (Å²) in [6.07, 6.45) is 3.53. The Balaban J connectivity index is 2.18. The van der Waals surface area contributed by atoms with Gasteiger partial charge in [-0.15, -0.1) is 0 Å². The minimum absolute atomic E-state index is 0.801. The van der Waals surface area contributed by atoms with Gasteiger partial charge in [0.15, 0.2) is 0 Å². The van der Waals surface area contributed by atoms with Crippen molar-refractivity contribution in [3.05, 3.63) is 35.9 Å². The van der Waals surface area contributed by atoms with E-state index in [0.717, 1.165) is 26.1 Å². The SMILES string of the molecule is CCN(CCCN)CCCc1ccccc1. The molecule has 0 heterocycles. The van der Waals surface area contributed by atoms with Crippen LogP contribution in [0.2, 0.25) is 0 Å². The number of hydrogen-bond donors (Lipinski definition) is 1. The summed E-state index contributed by atoms with van der Waals surface area (Å²) >= 11 is 0. The normalized spacial score (nSPS) is 10.9. The monoisotopic (exact) mass is 220 g/mol. The molecule has 2 nitrogen and oxygen atoms in total. The van der Waals surface area contributed by atoms with E-state index in [2.05, 4.69) is 42.2 Å². The molecule has 90 valence electrons. The molecule has 0 aliphatic carbocycles. The number of rotatable bonds is 8. The minimum Gasteiger partial charge on any atom is -0.330 e. The standard InChI is InChI=1S/C14H24N2/c1-2-16(13-7-11-15)12-6-10-14-8-4-3-5-9-14/h3-5,8-9H,2,6-7,10-13,15H2,1H3. The minimum atomic E-state index is 0.801. The Bertz CT molecular complexity index is 259. The average molecular weight is 220 g/mol. The van der Waals surface area contributed by atoms with Gasteiger partial charge in [0.25, 0.3) is 0 Å². The highest BCUT2D eigenvalue weighted by Gasteiger charge is 2.01. The maximum Gasteiger partial charge on any atom is -0.000683 e. The van der Waals surface area contributed by atoms with Gasteiger partial charge in [0.2, 0.25) is 0 Å². The molecule has 1 aromatic rings. The molecule has 1 rings (SSSR count). The van der Waals surface area contributed by atoms with Crippen LogP contribution in [0.4, 0.5) is 0 Å². The fraction of sp³-hybridized carbons (Fsp3) is 0.571. The quantitative estimate of drug-likeness (QED) is 0.728. The van der Waals surface area contributed by atoms with Crippen LogP contribution in [0.3, 0.4) is 0 Å². The topological polar surface area (TPSA) is 29.3 Å². The molecule has 0 aromatic heterocycles. The highest BCUT2D eigenvalue weighted by atomic mass is 15.1. The van der Waals surface area contributed by atoms with E-state index in [-0.39, 0.29) is 0 Å². The summed E-state index contributed by atoms with van der Waals surface area (Å²) < 4.78 is 0. The Labute approximate surface area is 99.5 Å². The van der Waals surface area contributed by atoms with E-state index in [4.69, 9.17) is 5.73 Å². The molecule has 0 atom stereocenters. The van der Waals surface area contributed by atoms with Crippen molar-refractivity contribution in [1.82, 2.24) is 4.90 Å². The van der Waals surface area contributed by atoms with Crippen LogP contribution in [0.15, 0.2) is 30.3 Å². The molecule has 0 aliphatic heterocycles. The molecule has 0 amide bonds. The van der Waals surface area contributed by atoms with Crippen LogP contribution in [-0.2, 0) is 6.42 Å². The van der Waals surface area contributed by atoms with Crippen molar-refractivity contribution in [2.75, 3.05) is 26.2 Å². The summed E-state index contributed by atoms with van der Waals surface area (Å²) in [6.45, 7) is 6.48. The number of nitrogens with two attached hydrogens (primary N) is 1. The molecule has 0 fully saturated rings. The van der Waals surface area contributed by atoms with Crippen LogP contribution in [0, 0.1) is 0 Å². The van der Waals surface area contributed by atoms with Gasteiger partial charge in [-0.3, -0.25) is 0 Å². The van der Waals surface area contributed by atoms with Crippen molar-refractivity contribution < 1.29 is 0 Å². The lowest BCUT2D eigenvalue weighted by Gasteiger charge is -2.19. The van der Waals surface area contributed by atoms with Gasteiger partial charge in [-0.25, -0.2) is 0 Å². The summed E-state index contributed by atoms with van der Waals surface area (Å²) in [7, 11) is 0. The van der Waals surface area contributed by atoms with Gasteiger partial charge < -0.3 is 10.6 Å². The van der Waals surface area contributed by atoms with E-state index in [1.807, 2.05) is 0 Å². The third-order valence-corrected chi connectivity index (χ3v) is 2.91. The lowest BCUT2D eigenvalue weighted by Crippen LogP contribution is -2.27. The molecule has 0 unspecified atom stereocenters. The summed E-state index contributed by atoms with van der Waals surface area (Å²) in [4.78, 5) is 2.48. The van der Waals surface area contributed by atoms with Crippen molar-refractivity contribution in [2.45, 2.75) is 26.2 Å². The zero-order chi connectivity index (χ0) is 11.6. The predicted molar refractivity (Wildman–Crippen MR) is 70.5 cm³/mol. The largest absolute Gasteiger partial charge is 0.330 e. The van der Waals surface area contributed by atoms with E-state index in [1.54, 1.807) is 0 Å². The molecule has 2 heteroatoms. The summed E-state index contributed by atoms with van der Waals surface area (Å²) in [6, 6.07) is 10.7. The highest BCUT2D eigenvalue weighted by molar-refractivity contribution is 5.14. The van der Waals surface area contributed by atoms with Crippen molar-refractivity contribution in [3.63, 3.8) is 0 Å². The van der Waals surface area contributed by atoms with Crippen LogP contribution >= 0.6 is 0 Å². The number of aryl methyl sites for hydroxylation is 1. The van der Waals surface area contributed by atoms with Crippen molar-refractivity contribution >= 4 is 0 Å². The molecular formula is C14H24N2. The van der Waals surface area contributed by atoms with Gasteiger partial charge in [-0.2, -0.15) is 0 Å². The smallest absolute Gasteiger partial charge is 0.000683 e. The Morgan fingerprint density at radius 2 is 1.75 bits per heavy atom. The summed E-state index contributed by atoms with van der Waals surface area (Å²) in [5.41, 5.74) is 6.97. The van der Waals surface area contributed by atoms with Crippen molar-refractivity contribution in [1.29, 1.82) is 0 Å². The Morgan fingerprint density at radius 3 is 2.38 bits per heavy atom. The van der Waals surface area contributed by atoms with E-state index < -0.39 is 0 Å². The van der Waals surface area contributed by atoms with E-state index >= 15 is 0 Å². The Morgan fingerprint density at radius 1 is 1.06 bits per heavy atom. The zero-order valence-corrected chi connectivity index (χ0v) is 10.4. The highest BCUT2D eigenvalue weighted by Crippen LogP contribution is 2.03. The number of nitrogens with zero attached hydrogens (tertiary/aromatic N) is 1. The van der Waals surface area contributed by atoms with Gasteiger partial charge >= 0.3 is 0 Å². The maximum absolute atomic E-state index is 5.52. The van der Waals surface area contributed by atoms with E-state index in [9.17, 15) is 0 Å². The Hall–Kier alpha value is -0.860. The molecular weight excluding hydrogens is 196 g/mol. The van der Waals surface area contributed by atoms with Gasteiger partial charge in [-0.05, 0) is 51.0 Å². The second-order valence-corrected chi connectivity index (χ2v) is 4.17. The molecule has 1 aromatic carbocycles. The second kappa shape index (κ2) is 8.31. The van der Waals surface area contributed by atoms with Crippen LogP contribution in [0.5, 0.6) is 0 Å². The average Bonchev–Trinajstić information content (AvgIpc) is 2.35. The third-order valence-electron chi connectivity index (χ3n) is 2.91. The molecule has 0 spiro atoms. The van der Waals surface area contributed by atoms with Crippen LogP contribution < -0.4 is 5.73 Å². The molecule has 0 saturated carbocycles. The van der Waals surface area contributed by atoms with Crippen LogP contribution in [0.25, 0.3) is 0 Å². The van der Waals surface area contributed by atoms with Crippen LogP contribution in [0.1, 0.15) is 25.3 Å². The van der Waals surface area contributed by atoms with E-state index in [1.165, 1.54) is 24.9 Å². The first-order valence-electron chi connectivity index (χ1n) is 6.33. The second-order valence-electron chi connectivity index (χ2n) is 4.17. The van der Waals surface area contributed by atoms with E-state index in [0.29, 0.717) is 0 Å². The first-order valence-corrected chi connectivity index (χ1v) is 6.33. The fourth-order valence-corrected chi connectivity index (χ4v) is 1.89. The molecule has 0 aliphatic rings. The molecule has 0 bridgehead atoms. The van der Waals surface area contributed by atoms with Gasteiger partial charge in [0.1, 0.15) is 0 Å². The molecule has 0 radical (unpaired) electrons. The van der Waals surface area contributed by atoms with Gasteiger partial charge in [-0.1, -0.05) is 37.3 Å². The molecule has 0 saturated heterocycles. The zero-order valence-electron chi connectivity index (χ0n) is 10.4.